The maximum absolute atomic E-state index is 14.5. The summed E-state index contributed by atoms with van der Waals surface area (Å²) < 4.78 is 73.8. The van der Waals surface area contributed by atoms with Gasteiger partial charge in [0.05, 0.1) is 28.4 Å². The van der Waals surface area contributed by atoms with Crippen LogP contribution in [0, 0.1) is 11.6 Å². The molecular weight excluding hydrogens is 569 g/mol. The van der Waals surface area contributed by atoms with Crippen molar-refractivity contribution in [3.63, 3.8) is 0 Å². The largest absolute Gasteiger partial charge is 0.417 e. The van der Waals surface area contributed by atoms with Gasteiger partial charge in [-0.3, -0.25) is 14.3 Å². The van der Waals surface area contributed by atoms with Crippen molar-refractivity contribution in [3.05, 3.63) is 86.6 Å². The molecule has 2 aliphatic rings. The van der Waals surface area contributed by atoms with Crippen LogP contribution in [0.15, 0.2) is 36.4 Å². The molecule has 1 aromatic heterocycles. The van der Waals surface area contributed by atoms with Crippen molar-refractivity contribution >= 4 is 34.3 Å². The molecule has 1 saturated heterocycles. The second-order valence-corrected chi connectivity index (χ2v) is 10.8. The van der Waals surface area contributed by atoms with Crippen LogP contribution >= 0.6 is 11.6 Å². The number of aromatic nitrogens is 2. The number of rotatable bonds is 4. The van der Waals surface area contributed by atoms with Crippen LogP contribution < -0.4 is 11.1 Å². The van der Waals surface area contributed by atoms with Gasteiger partial charge in [0.2, 0.25) is 5.91 Å². The topological polar surface area (TPSA) is 93.2 Å². The monoisotopic (exact) mass is 589 g/mol. The van der Waals surface area contributed by atoms with E-state index in [1.165, 1.54) is 12.1 Å². The van der Waals surface area contributed by atoms with Crippen LogP contribution in [0.2, 0.25) is 5.02 Å². The molecule has 1 atom stereocenters. The molecule has 212 valence electrons. The number of aryl methyl sites for hydroxylation is 1. The van der Waals surface area contributed by atoms with Gasteiger partial charge in [0.25, 0.3) is 5.91 Å². The maximum Gasteiger partial charge on any atom is 0.417 e. The lowest BCUT2D eigenvalue weighted by Gasteiger charge is -2.36. The van der Waals surface area contributed by atoms with E-state index in [0.717, 1.165) is 12.1 Å². The summed E-state index contributed by atoms with van der Waals surface area (Å²) in [5.74, 6) is -4.03. The van der Waals surface area contributed by atoms with Crippen molar-refractivity contribution in [1.29, 1.82) is 0 Å². The summed E-state index contributed by atoms with van der Waals surface area (Å²) in [6.07, 6.45) is -5.11. The number of amides is 2. The summed E-state index contributed by atoms with van der Waals surface area (Å²) in [5.41, 5.74) is 3.34. The number of benzene rings is 3. The molecular formula is C28H21ClF5N5O2. The normalized spacial score (nSPS) is 17.6. The van der Waals surface area contributed by atoms with Crippen molar-refractivity contribution < 1.29 is 31.5 Å². The molecule has 13 heteroatoms. The molecule has 0 bridgehead atoms. The van der Waals surface area contributed by atoms with Crippen molar-refractivity contribution in [1.82, 2.24) is 20.0 Å². The number of alkyl halides is 3. The predicted octanol–water partition coefficient (Wildman–Crippen LogP) is 5.15. The first-order chi connectivity index (χ1) is 19.3. The number of likely N-dealkylation sites (tertiary alicyclic amines) is 1. The summed E-state index contributed by atoms with van der Waals surface area (Å²) in [7, 11) is 3.58. The van der Waals surface area contributed by atoms with E-state index in [1.54, 1.807) is 11.7 Å². The number of carbonyl (C=O) groups is 2. The van der Waals surface area contributed by atoms with Crippen LogP contribution in [0.25, 0.3) is 22.0 Å². The molecule has 2 aliphatic heterocycles. The van der Waals surface area contributed by atoms with E-state index < -0.39 is 52.4 Å². The zero-order chi connectivity index (χ0) is 29.5. The molecule has 0 spiro atoms. The number of nitrogens with two attached hydrogens (primary N) is 1. The smallest absolute Gasteiger partial charge is 0.366 e. The minimum atomic E-state index is -5.11. The van der Waals surface area contributed by atoms with E-state index >= 15 is 0 Å². The van der Waals surface area contributed by atoms with Crippen molar-refractivity contribution in [2.24, 2.45) is 12.8 Å². The van der Waals surface area contributed by atoms with Crippen molar-refractivity contribution in [2.75, 3.05) is 20.1 Å². The summed E-state index contributed by atoms with van der Waals surface area (Å²) in [6, 6.07) is 4.53. The van der Waals surface area contributed by atoms with Gasteiger partial charge in [0.1, 0.15) is 17.2 Å². The molecule has 1 unspecified atom stereocenters. The van der Waals surface area contributed by atoms with Crippen LogP contribution in [0.4, 0.5) is 22.0 Å². The van der Waals surface area contributed by atoms with E-state index in [-0.39, 0.29) is 44.8 Å². The van der Waals surface area contributed by atoms with Crippen LogP contribution in [0.3, 0.4) is 0 Å². The van der Waals surface area contributed by atoms with Crippen molar-refractivity contribution in [2.45, 2.75) is 18.1 Å². The van der Waals surface area contributed by atoms with Gasteiger partial charge in [-0.05, 0) is 49.0 Å². The molecule has 0 aliphatic carbocycles. The summed E-state index contributed by atoms with van der Waals surface area (Å²) >= 11 is 6.38. The van der Waals surface area contributed by atoms with Crippen LogP contribution in [-0.2, 0) is 13.2 Å². The number of carbonyl (C=O) groups excluding carboxylic acids is 2. The van der Waals surface area contributed by atoms with E-state index in [9.17, 15) is 31.5 Å². The Bertz CT molecular complexity index is 1800. The standard InChI is InChI=1S/C28H21ClF5N5O2/c1-38-9-11(10-38)25-17-8-15(20-16(26(35)40)6-13(31)7-18(20)28(32,33)34)21-22(24(17)37-39(25)2)27(41)36-23(21)14-5-12(30)3-4-19(14)29/h3-8,11,23H,9-10H2,1-2H3,(H2,35,40)(H,36,41). The van der Waals surface area contributed by atoms with Crippen LogP contribution in [0.5, 0.6) is 0 Å². The van der Waals surface area contributed by atoms with Gasteiger partial charge in [0.15, 0.2) is 0 Å². The third-order valence-electron chi connectivity index (χ3n) is 7.67. The second-order valence-electron chi connectivity index (χ2n) is 10.3. The SMILES string of the molecule is CN1CC(c2c3cc(-c4c(C(N)=O)cc(F)cc4C(F)(F)F)c4c(c3nn2C)C(=O)NC4c2cc(F)ccc2Cl)C1. The van der Waals surface area contributed by atoms with E-state index in [1.807, 2.05) is 11.9 Å². The Hall–Kier alpha value is -4.03. The maximum atomic E-state index is 14.5. The Morgan fingerprint density at radius 1 is 1.07 bits per heavy atom. The Morgan fingerprint density at radius 2 is 1.78 bits per heavy atom. The van der Waals surface area contributed by atoms with Gasteiger partial charge in [-0.2, -0.15) is 18.3 Å². The number of fused-ring (bicyclic) bond motifs is 3. The summed E-state index contributed by atoms with van der Waals surface area (Å²) in [4.78, 5) is 28.1. The molecule has 3 heterocycles. The van der Waals surface area contributed by atoms with Crippen LogP contribution in [0.1, 0.15) is 55.1 Å². The highest BCUT2D eigenvalue weighted by atomic mass is 35.5. The van der Waals surface area contributed by atoms with Crippen LogP contribution in [-0.4, -0.2) is 46.6 Å². The quantitative estimate of drug-likeness (QED) is 0.322. The zero-order valence-electron chi connectivity index (χ0n) is 21.5. The fraction of sp³-hybridized carbons (Fsp3) is 0.250. The average molecular weight is 590 g/mol. The van der Waals surface area contributed by atoms with E-state index in [2.05, 4.69) is 10.4 Å². The number of hydrogen-bond acceptors (Lipinski definition) is 4. The molecule has 3 N–H and O–H groups in total. The van der Waals surface area contributed by atoms with Crippen molar-refractivity contribution in [3.8, 4) is 11.1 Å². The molecule has 3 aromatic carbocycles. The summed E-state index contributed by atoms with van der Waals surface area (Å²) in [6.45, 7) is 1.29. The number of hydrogen-bond donors (Lipinski definition) is 2. The van der Waals surface area contributed by atoms with Gasteiger partial charge < -0.3 is 16.0 Å². The number of nitrogens with zero attached hydrogens (tertiary/aromatic N) is 3. The van der Waals surface area contributed by atoms with E-state index in [4.69, 9.17) is 17.3 Å². The van der Waals surface area contributed by atoms with Gasteiger partial charge in [-0.1, -0.05) is 11.6 Å². The first-order valence-electron chi connectivity index (χ1n) is 12.4. The summed E-state index contributed by atoms with van der Waals surface area (Å²) in [5, 5.41) is 7.70. The molecule has 0 saturated carbocycles. The Balaban J connectivity index is 1.78. The average Bonchev–Trinajstić information content (AvgIpc) is 3.38. The minimum Gasteiger partial charge on any atom is -0.366 e. The highest BCUT2D eigenvalue weighted by Crippen LogP contribution is 2.49. The molecule has 2 amide bonds. The first-order valence-corrected chi connectivity index (χ1v) is 12.8. The van der Waals surface area contributed by atoms with Gasteiger partial charge in [-0.25, -0.2) is 8.78 Å². The highest BCUT2D eigenvalue weighted by molar-refractivity contribution is 6.31. The lowest BCUT2D eigenvalue weighted by molar-refractivity contribution is -0.137. The third kappa shape index (κ3) is 4.24. The molecule has 41 heavy (non-hydrogen) atoms. The molecule has 0 radical (unpaired) electrons. The lowest BCUT2D eigenvalue weighted by atomic mass is 9.83. The number of nitrogens with one attached hydrogen (secondary N) is 1. The third-order valence-corrected chi connectivity index (χ3v) is 8.01. The highest BCUT2D eigenvalue weighted by Gasteiger charge is 2.43. The number of likely N-dealkylation sites (N-methyl/N-ethyl adjacent to an activating group) is 1. The zero-order valence-corrected chi connectivity index (χ0v) is 22.3. The fourth-order valence-corrected chi connectivity index (χ4v) is 6.24. The van der Waals surface area contributed by atoms with Gasteiger partial charge in [-0.15, -0.1) is 0 Å². The second kappa shape index (κ2) is 9.25. The van der Waals surface area contributed by atoms with Gasteiger partial charge >= 0.3 is 6.18 Å². The molecule has 7 nitrogen and oxygen atoms in total. The first kappa shape index (κ1) is 27.2. The molecule has 6 rings (SSSR count). The molecule has 4 aromatic rings. The Morgan fingerprint density at radius 3 is 2.41 bits per heavy atom. The minimum absolute atomic E-state index is 0.00927. The lowest BCUT2D eigenvalue weighted by Crippen LogP contribution is -2.42. The number of primary amides is 1. The van der Waals surface area contributed by atoms with E-state index in [0.29, 0.717) is 30.2 Å². The Labute approximate surface area is 234 Å². The predicted molar refractivity (Wildman–Crippen MR) is 141 cm³/mol. The Kier molecular flexibility index (Phi) is 6.12. The fourth-order valence-electron chi connectivity index (χ4n) is 6.02. The molecule has 1 fully saturated rings. The van der Waals surface area contributed by atoms with Gasteiger partial charge in [0, 0.05) is 53.2 Å². The number of halogens is 6.